The van der Waals surface area contributed by atoms with Crippen LogP contribution in [0.3, 0.4) is 0 Å². The molecular formula is C15H19NO3. The first-order valence-corrected chi connectivity index (χ1v) is 6.70. The highest BCUT2D eigenvalue weighted by Crippen LogP contribution is 2.32. The summed E-state index contributed by atoms with van der Waals surface area (Å²) in [6, 6.07) is 7.37. The maximum Gasteiger partial charge on any atom is 0.315 e. The SMILES string of the molecule is CONC(=O)C(=O)c1ccc(C2CCCCC2)cc1. The van der Waals surface area contributed by atoms with Gasteiger partial charge >= 0.3 is 5.91 Å². The number of hydroxylamine groups is 1. The number of carbonyl (C=O) groups excluding carboxylic acids is 2. The van der Waals surface area contributed by atoms with Gasteiger partial charge in [0.1, 0.15) is 0 Å². The minimum absolute atomic E-state index is 0.397. The number of rotatable bonds is 4. The Balaban J connectivity index is 2.05. The molecule has 1 fully saturated rings. The van der Waals surface area contributed by atoms with Crippen LogP contribution in [-0.4, -0.2) is 18.8 Å². The summed E-state index contributed by atoms with van der Waals surface area (Å²) in [6.45, 7) is 0. The van der Waals surface area contributed by atoms with Gasteiger partial charge in [-0.2, -0.15) is 0 Å². The fraction of sp³-hybridized carbons (Fsp3) is 0.467. The molecule has 1 aliphatic rings. The van der Waals surface area contributed by atoms with Crippen molar-refractivity contribution < 1.29 is 14.4 Å². The molecule has 1 aliphatic carbocycles. The van der Waals surface area contributed by atoms with Crippen LogP contribution in [0.5, 0.6) is 0 Å². The molecule has 0 atom stereocenters. The topological polar surface area (TPSA) is 55.4 Å². The first kappa shape index (κ1) is 13.7. The monoisotopic (exact) mass is 261 g/mol. The molecule has 0 unspecified atom stereocenters. The van der Waals surface area contributed by atoms with E-state index in [9.17, 15) is 9.59 Å². The lowest BCUT2D eigenvalue weighted by Gasteiger charge is -2.21. The van der Waals surface area contributed by atoms with Crippen molar-refractivity contribution in [2.75, 3.05) is 7.11 Å². The Hall–Kier alpha value is -1.68. The largest absolute Gasteiger partial charge is 0.315 e. The first-order chi connectivity index (χ1) is 9.22. The molecule has 0 aromatic heterocycles. The molecule has 4 nitrogen and oxygen atoms in total. The second kappa shape index (κ2) is 6.48. The molecule has 2 rings (SSSR count). The van der Waals surface area contributed by atoms with Gasteiger partial charge in [-0.3, -0.25) is 14.4 Å². The van der Waals surface area contributed by atoms with Crippen LogP contribution in [0.4, 0.5) is 0 Å². The van der Waals surface area contributed by atoms with Crippen molar-refractivity contribution in [1.29, 1.82) is 0 Å². The molecule has 1 N–H and O–H groups in total. The van der Waals surface area contributed by atoms with E-state index in [1.54, 1.807) is 12.1 Å². The Morgan fingerprint density at radius 1 is 1.11 bits per heavy atom. The summed E-state index contributed by atoms with van der Waals surface area (Å²) < 4.78 is 0. The zero-order valence-electron chi connectivity index (χ0n) is 11.1. The van der Waals surface area contributed by atoms with E-state index in [0.717, 1.165) is 0 Å². The minimum atomic E-state index is -0.743. The maximum atomic E-state index is 11.7. The molecular weight excluding hydrogens is 242 g/mol. The predicted molar refractivity (Wildman–Crippen MR) is 71.8 cm³/mol. The third-order valence-electron chi connectivity index (χ3n) is 3.65. The average molecular weight is 261 g/mol. The number of carbonyl (C=O) groups is 2. The van der Waals surface area contributed by atoms with Gasteiger partial charge in [-0.1, -0.05) is 43.5 Å². The number of Topliss-reactive ketones (excluding diaryl/α,β-unsaturated/α-hetero) is 1. The molecule has 102 valence electrons. The third-order valence-corrected chi connectivity index (χ3v) is 3.65. The van der Waals surface area contributed by atoms with Gasteiger partial charge in [0.15, 0.2) is 0 Å². The normalized spacial score (nSPS) is 16.1. The zero-order chi connectivity index (χ0) is 13.7. The van der Waals surface area contributed by atoms with Gasteiger partial charge in [0.25, 0.3) is 5.78 Å². The van der Waals surface area contributed by atoms with Crippen LogP contribution < -0.4 is 5.48 Å². The second-order valence-corrected chi connectivity index (χ2v) is 4.92. The van der Waals surface area contributed by atoms with Crippen LogP contribution >= 0.6 is 0 Å². The van der Waals surface area contributed by atoms with Gasteiger partial charge in [-0.25, -0.2) is 5.48 Å². The summed E-state index contributed by atoms with van der Waals surface area (Å²) in [5.74, 6) is -0.712. The fourth-order valence-electron chi connectivity index (χ4n) is 2.61. The highest BCUT2D eigenvalue weighted by atomic mass is 16.6. The van der Waals surface area contributed by atoms with Crippen LogP contribution in [0.15, 0.2) is 24.3 Å². The molecule has 4 heteroatoms. The molecule has 1 aromatic carbocycles. The van der Waals surface area contributed by atoms with Gasteiger partial charge in [0.05, 0.1) is 7.11 Å². The van der Waals surface area contributed by atoms with E-state index in [0.29, 0.717) is 11.5 Å². The molecule has 0 bridgehead atoms. The van der Waals surface area contributed by atoms with Crippen LogP contribution in [0.2, 0.25) is 0 Å². The van der Waals surface area contributed by atoms with E-state index in [-0.39, 0.29) is 0 Å². The summed E-state index contributed by atoms with van der Waals surface area (Å²) in [5.41, 5.74) is 3.70. The number of benzene rings is 1. The summed E-state index contributed by atoms with van der Waals surface area (Å²) in [6.07, 6.45) is 6.32. The Bertz CT molecular complexity index is 447. The minimum Gasteiger partial charge on any atom is -0.283 e. The quantitative estimate of drug-likeness (QED) is 0.515. The molecule has 0 radical (unpaired) electrons. The lowest BCUT2D eigenvalue weighted by molar-refractivity contribution is -0.126. The van der Waals surface area contributed by atoms with Crippen molar-refractivity contribution >= 4 is 11.7 Å². The zero-order valence-corrected chi connectivity index (χ0v) is 11.1. The lowest BCUT2D eigenvalue weighted by atomic mass is 9.84. The summed E-state index contributed by atoms with van der Waals surface area (Å²) in [4.78, 5) is 27.5. The van der Waals surface area contributed by atoms with Gasteiger partial charge in [0.2, 0.25) is 0 Å². The molecule has 0 saturated heterocycles. The second-order valence-electron chi connectivity index (χ2n) is 4.92. The number of ketones is 1. The van der Waals surface area contributed by atoms with Crippen molar-refractivity contribution in [3.05, 3.63) is 35.4 Å². The Morgan fingerprint density at radius 3 is 2.32 bits per heavy atom. The summed E-state index contributed by atoms with van der Waals surface area (Å²) in [7, 11) is 1.30. The Labute approximate surface area is 113 Å². The van der Waals surface area contributed by atoms with E-state index in [4.69, 9.17) is 0 Å². The van der Waals surface area contributed by atoms with E-state index in [1.807, 2.05) is 17.6 Å². The van der Waals surface area contributed by atoms with Crippen LogP contribution in [0.25, 0.3) is 0 Å². The number of hydrogen-bond donors (Lipinski definition) is 1. The van der Waals surface area contributed by atoms with Crippen LogP contribution in [0.1, 0.15) is 53.9 Å². The number of hydrogen-bond acceptors (Lipinski definition) is 3. The smallest absolute Gasteiger partial charge is 0.283 e. The first-order valence-electron chi connectivity index (χ1n) is 6.70. The van der Waals surface area contributed by atoms with E-state index in [1.165, 1.54) is 44.8 Å². The van der Waals surface area contributed by atoms with Crippen molar-refractivity contribution in [2.45, 2.75) is 38.0 Å². The van der Waals surface area contributed by atoms with Crippen molar-refractivity contribution in [3.63, 3.8) is 0 Å². The van der Waals surface area contributed by atoms with Gasteiger partial charge < -0.3 is 0 Å². The lowest BCUT2D eigenvalue weighted by Crippen LogP contribution is -2.30. The molecule has 1 aromatic rings. The van der Waals surface area contributed by atoms with E-state index in [2.05, 4.69) is 4.84 Å². The molecule has 1 saturated carbocycles. The molecule has 0 heterocycles. The number of amides is 1. The van der Waals surface area contributed by atoms with E-state index < -0.39 is 11.7 Å². The molecule has 0 aliphatic heterocycles. The van der Waals surface area contributed by atoms with Crippen LogP contribution in [0, 0.1) is 0 Å². The fourth-order valence-corrected chi connectivity index (χ4v) is 2.61. The maximum absolute atomic E-state index is 11.7. The third kappa shape index (κ3) is 3.41. The molecule has 1 amide bonds. The Morgan fingerprint density at radius 2 is 1.74 bits per heavy atom. The molecule has 19 heavy (non-hydrogen) atoms. The van der Waals surface area contributed by atoms with E-state index >= 15 is 0 Å². The van der Waals surface area contributed by atoms with Gasteiger partial charge in [-0.05, 0) is 24.3 Å². The van der Waals surface area contributed by atoms with Crippen molar-refractivity contribution in [3.8, 4) is 0 Å². The summed E-state index contributed by atoms with van der Waals surface area (Å²) in [5, 5.41) is 0. The standard InChI is InChI=1S/C15H19NO3/c1-19-16-15(18)14(17)13-9-7-12(8-10-13)11-5-3-2-4-6-11/h7-11H,2-6H2,1H3,(H,16,18). The highest BCUT2D eigenvalue weighted by Gasteiger charge is 2.18. The van der Waals surface area contributed by atoms with Crippen molar-refractivity contribution in [1.82, 2.24) is 5.48 Å². The predicted octanol–water partition coefficient (Wildman–Crippen LogP) is 2.59. The van der Waals surface area contributed by atoms with Gasteiger partial charge in [0, 0.05) is 5.56 Å². The number of nitrogens with one attached hydrogen (secondary N) is 1. The van der Waals surface area contributed by atoms with Gasteiger partial charge in [-0.15, -0.1) is 0 Å². The molecule has 0 spiro atoms. The average Bonchev–Trinajstić information content (AvgIpc) is 2.48. The summed E-state index contributed by atoms with van der Waals surface area (Å²) >= 11 is 0. The highest BCUT2D eigenvalue weighted by molar-refractivity contribution is 6.42. The van der Waals surface area contributed by atoms with Crippen molar-refractivity contribution in [2.24, 2.45) is 0 Å². The Kier molecular flexibility index (Phi) is 4.68. The van der Waals surface area contributed by atoms with Crippen LogP contribution in [-0.2, 0) is 9.63 Å².